The predicted molar refractivity (Wildman–Crippen MR) is 83.9 cm³/mol. The van der Waals surface area contributed by atoms with Gasteiger partial charge in [-0.05, 0) is 24.8 Å². The number of likely N-dealkylation sites (tertiary alicyclic amines) is 1. The van der Waals surface area contributed by atoms with E-state index in [2.05, 4.69) is 36.5 Å². The summed E-state index contributed by atoms with van der Waals surface area (Å²) in [6, 6.07) is 8.61. The average molecular weight is 304 g/mol. The molecule has 1 N–H and O–H groups in total. The van der Waals surface area contributed by atoms with E-state index in [1.54, 1.807) is 0 Å². The van der Waals surface area contributed by atoms with Crippen molar-refractivity contribution in [2.75, 3.05) is 39.5 Å². The lowest BCUT2D eigenvalue weighted by molar-refractivity contribution is 0.103. The van der Waals surface area contributed by atoms with Crippen LogP contribution >= 0.6 is 0 Å². The second-order valence-corrected chi connectivity index (χ2v) is 6.26. The highest BCUT2D eigenvalue weighted by Gasteiger charge is 2.31. The fourth-order valence-corrected chi connectivity index (χ4v) is 2.89. The first kappa shape index (κ1) is 15.3. The molecule has 0 spiro atoms. The Hall–Kier alpha value is -1.59. The fourth-order valence-electron chi connectivity index (χ4n) is 2.89. The van der Waals surface area contributed by atoms with Gasteiger partial charge in [0.05, 0.1) is 32.5 Å². The molecular weight excluding hydrogens is 280 g/mol. The van der Waals surface area contributed by atoms with Gasteiger partial charge in [-0.3, -0.25) is 0 Å². The minimum atomic E-state index is -0.0360. The van der Waals surface area contributed by atoms with Gasteiger partial charge in [0.2, 0.25) is 0 Å². The van der Waals surface area contributed by atoms with Gasteiger partial charge in [-0.25, -0.2) is 4.79 Å². The minimum absolute atomic E-state index is 0.000689. The number of urea groups is 1. The Balaban J connectivity index is 1.40. The van der Waals surface area contributed by atoms with Crippen LogP contribution in [0.5, 0.6) is 0 Å². The van der Waals surface area contributed by atoms with Gasteiger partial charge in [0, 0.05) is 13.1 Å². The molecule has 2 fully saturated rings. The second kappa shape index (κ2) is 7.11. The minimum Gasteiger partial charge on any atom is -0.377 e. The van der Waals surface area contributed by atoms with Crippen LogP contribution in [-0.2, 0) is 15.9 Å². The Bertz CT molecular complexity index is 489. The Kier molecular flexibility index (Phi) is 4.95. The topological polar surface area (TPSA) is 50.8 Å². The van der Waals surface area contributed by atoms with Crippen LogP contribution in [0.25, 0.3) is 0 Å². The molecule has 5 heteroatoms. The van der Waals surface area contributed by atoms with E-state index in [9.17, 15) is 4.79 Å². The smallest absolute Gasteiger partial charge is 0.317 e. The SMILES string of the molecule is Cc1ccc(CC2CN(C(=O)NC3COCCOC3)C2)cc1. The Morgan fingerprint density at radius 3 is 2.45 bits per heavy atom. The van der Waals surface area contributed by atoms with Crippen molar-refractivity contribution in [3.05, 3.63) is 35.4 Å². The summed E-state index contributed by atoms with van der Waals surface area (Å²) in [5.74, 6) is 0.565. The summed E-state index contributed by atoms with van der Waals surface area (Å²) in [4.78, 5) is 14.0. The molecule has 120 valence electrons. The first-order valence-electron chi connectivity index (χ1n) is 7.97. The molecule has 0 radical (unpaired) electrons. The maximum atomic E-state index is 12.2. The maximum absolute atomic E-state index is 12.2. The van der Waals surface area contributed by atoms with Crippen molar-refractivity contribution in [1.82, 2.24) is 10.2 Å². The number of hydrogen-bond donors (Lipinski definition) is 1. The lowest BCUT2D eigenvalue weighted by Crippen LogP contribution is -2.57. The van der Waals surface area contributed by atoms with E-state index >= 15 is 0 Å². The van der Waals surface area contributed by atoms with Gasteiger partial charge < -0.3 is 19.7 Å². The summed E-state index contributed by atoms with van der Waals surface area (Å²) >= 11 is 0. The van der Waals surface area contributed by atoms with Crippen LogP contribution in [0.15, 0.2) is 24.3 Å². The van der Waals surface area contributed by atoms with Crippen LogP contribution in [0.2, 0.25) is 0 Å². The van der Waals surface area contributed by atoms with Crippen LogP contribution in [0, 0.1) is 12.8 Å². The number of nitrogens with one attached hydrogen (secondary N) is 1. The third-order valence-corrected chi connectivity index (χ3v) is 4.23. The molecule has 22 heavy (non-hydrogen) atoms. The fraction of sp³-hybridized carbons (Fsp3) is 0.588. The van der Waals surface area contributed by atoms with Gasteiger partial charge in [0.15, 0.2) is 0 Å². The molecule has 1 aromatic rings. The van der Waals surface area contributed by atoms with Crippen molar-refractivity contribution < 1.29 is 14.3 Å². The number of hydrogen-bond acceptors (Lipinski definition) is 3. The highest BCUT2D eigenvalue weighted by Crippen LogP contribution is 2.20. The molecule has 5 nitrogen and oxygen atoms in total. The van der Waals surface area contributed by atoms with Gasteiger partial charge in [-0.15, -0.1) is 0 Å². The second-order valence-electron chi connectivity index (χ2n) is 6.26. The Labute approximate surface area is 131 Å². The molecule has 0 atom stereocenters. The number of nitrogens with zero attached hydrogens (tertiary/aromatic N) is 1. The highest BCUT2D eigenvalue weighted by molar-refractivity contribution is 5.75. The van der Waals surface area contributed by atoms with Crippen molar-refractivity contribution in [2.24, 2.45) is 5.92 Å². The molecular formula is C17H24N2O3. The summed E-state index contributed by atoms with van der Waals surface area (Å²) in [5.41, 5.74) is 2.63. The van der Waals surface area contributed by atoms with Crippen LogP contribution in [0.3, 0.4) is 0 Å². The maximum Gasteiger partial charge on any atom is 0.317 e. The van der Waals surface area contributed by atoms with Gasteiger partial charge >= 0.3 is 6.03 Å². The van der Waals surface area contributed by atoms with Crippen molar-refractivity contribution in [3.63, 3.8) is 0 Å². The van der Waals surface area contributed by atoms with E-state index in [0.29, 0.717) is 32.3 Å². The summed E-state index contributed by atoms with van der Waals surface area (Å²) < 4.78 is 10.8. The molecule has 0 saturated carbocycles. The number of carbonyl (C=O) groups is 1. The number of amides is 2. The van der Waals surface area contributed by atoms with E-state index in [-0.39, 0.29) is 12.1 Å². The van der Waals surface area contributed by atoms with E-state index < -0.39 is 0 Å². The van der Waals surface area contributed by atoms with E-state index in [0.717, 1.165) is 19.5 Å². The molecule has 2 saturated heterocycles. The number of carbonyl (C=O) groups excluding carboxylic acids is 1. The summed E-state index contributed by atoms with van der Waals surface area (Å²) in [6.07, 6.45) is 1.04. The molecule has 0 bridgehead atoms. The number of benzene rings is 1. The van der Waals surface area contributed by atoms with Crippen molar-refractivity contribution >= 4 is 6.03 Å². The van der Waals surface area contributed by atoms with E-state index in [1.165, 1.54) is 11.1 Å². The molecule has 0 unspecified atom stereocenters. The lowest BCUT2D eigenvalue weighted by Gasteiger charge is -2.40. The average Bonchev–Trinajstić information content (AvgIpc) is 2.73. The predicted octanol–water partition coefficient (Wildman–Crippen LogP) is 1.59. The lowest BCUT2D eigenvalue weighted by atomic mass is 9.92. The van der Waals surface area contributed by atoms with Crippen LogP contribution in [0.4, 0.5) is 4.79 Å². The van der Waals surface area contributed by atoms with Crippen LogP contribution < -0.4 is 5.32 Å². The van der Waals surface area contributed by atoms with Crippen molar-refractivity contribution in [3.8, 4) is 0 Å². The molecule has 2 aliphatic rings. The van der Waals surface area contributed by atoms with Gasteiger partial charge in [0.1, 0.15) is 0 Å². The van der Waals surface area contributed by atoms with Gasteiger partial charge in [0.25, 0.3) is 0 Å². The monoisotopic (exact) mass is 304 g/mol. The summed E-state index contributed by atoms with van der Waals surface area (Å²) in [5, 5.41) is 2.99. The molecule has 3 rings (SSSR count). The van der Waals surface area contributed by atoms with Crippen LogP contribution in [0.1, 0.15) is 11.1 Å². The molecule has 2 aliphatic heterocycles. The van der Waals surface area contributed by atoms with Gasteiger partial charge in [-0.2, -0.15) is 0 Å². The molecule has 2 heterocycles. The van der Waals surface area contributed by atoms with E-state index in [1.807, 2.05) is 4.90 Å². The number of ether oxygens (including phenoxy) is 2. The van der Waals surface area contributed by atoms with E-state index in [4.69, 9.17) is 9.47 Å². The number of rotatable bonds is 3. The van der Waals surface area contributed by atoms with Crippen molar-refractivity contribution in [2.45, 2.75) is 19.4 Å². The normalized spacial score (nSPS) is 20.3. The Morgan fingerprint density at radius 1 is 1.18 bits per heavy atom. The third kappa shape index (κ3) is 3.99. The number of aryl methyl sites for hydroxylation is 1. The highest BCUT2D eigenvalue weighted by atomic mass is 16.5. The summed E-state index contributed by atoms with van der Waals surface area (Å²) in [6.45, 7) is 6.03. The molecule has 0 aliphatic carbocycles. The van der Waals surface area contributed by atoms with Crippen LogP contribution in [-0.4, -0.2) is 56.5 Å². The first-order valence-corrected chi connectivity index (χ1v) is 7.97. The molecule has 1 aromatic carbocycles. The summed E-state index contributed by atoms with van der Waals surface area (Å²) in [7, 11) is 0. The Morgan fingerprint density at radius 2 is 1.82 bits per heavy atom. The molecule has 0 aromatic heterocycles. The zero-order valence-corrected chi connectivity index (χ0v) is 13.1. The van der Waals surface area contributed by atoms with Crippen molar-refractivity contribution in [1.29, 1.82) is 0 Å². The largest absolute Gasteiger partial charge is 0.377 e. The third-order valence-electron chi connectivity index (χ3n) is 4.23. The molecule has 2 amide bonds. The van der Waals surface area contributed by atoms with Gasteiger partial charge in [-0.1, -0.05) is 29.8 Å². The quantitative estimate of drug-likeness (QED) is 0.923. The zero-order valence-electron chi connectivity index (χ0n) is 13.1. The standard InChI is InChI=1S/C17H24N2O3/c1-13-2-4-14(5-3-13)8-15-9-19(10-15)17(20)18-16-11-21-6-7-22-12-16/h2-5,15-16H,6-12H2,1H3,(H,18,20). The first-order chi connectivity index (χ1) is 10.7. The zero-order chi connectivity index (χ0) is 15.4.